The molecule has 0 spiro atoms. The van der Waals surface area contributed by atoms with E-state index >= 15 is 0 Å². The van der Waals surface area contributed by atoms with E-state index in [1.807, 2.05) is 56.5 Å². The second-order valence-corrected chi connectivity index (χ2v) is 4.87. The van der Waals surface area contributed by atoms with Gasteiger partial charge in [0.25, 0.3) is 5.91 Å². The molecule has 0 unspecified atom stereocenters. The van der Waals surface area contributed by atoms with E-state index in [-0.39, 0.29) is 11.8 Å². The standard InChI is InChI=1S/C16H16NO2/c1-11(2)15(10-18)17-16(19)14-8-7-12-5-3-4-6-13(12)9-14/h3-9,11,15H,1-2H3,(H,17,19)/t15-/m1/s1. The predicted molar refractivity (Wildman–Crippen MR) is 75.7 cm³/mol. The molecule has 3 nitrogen and oxygen atoms in total. The number of carbonyl (C=O) groups is 1. The fourth-order valence-corrected chi connectivity index (χ4v) is 1.89. The van der Waals surface area contributed by atoms with E-state index in [0.717, 1.165) is 10.8 Å². The first kappa shape index (κ1) is 13.3. The van der Waals surface area contributed by atoms with Gasteiger partial charge >= 0.3 is 0 Å². The van der Waals surface area contributed by atoms with Crippen molar-refractivity contribution < 1.29 is 9.59 Å². The first-order valence-corrected chi connectivity index (χ1v) is 6.29. The van der Waals surface area contributed by atoms with E-state index in [1.165, 1.54) is 0 Å². The molecule has 2 aromatic carbocycles. The molecule has 1 N–H and O–H groups in total. The number of rotatable bonds is 4. The molecule has 0 aromatic heterocycles. The zero-order chi connectivity index (χ0) is 13.8. The van der Waals surface area contributed by atoms with Gasteiger partial charge in [0, 0.05) is 5.56 Å². The van der Waals surface area contributed by atoms with Gasteiger partial charge in [-0.1, -0.05) is 44.2 Å². The van der Waals surface area contributed by atoms with Crippen LogP contribution >= 0.6 is 0 Å². The Morgan fingerprint density at radius 1 is 1.11 bits per heavy atom. The fourth-order valence-electron chi connectivity index (χ4n) is 1.89. The lowest BCUT2D eigenvalue weighted by Gasteiger charge is -2.15. The van der Waals surface area contributed by atoms with Crippen molar-refractivity contribution in [2.75, 3.05) is 0 Å². The number of carbonyl (C=O) groups excluding carboxylic acids is 2. The van der Waals surface area contributed by atoms with Crippen molar-refractivity contribution in [1.29, 1.82) is 0 Å². The van der Waals surface area contributed by atoms with Gasteiger partial charge in [0.1, 0.15) is 0 Å². The van der Waals surface area contributed by atoms with Crippen molar-refractivity contribution in [2.24, 2.45) is 5.92 Å². The maximum Gasteiger partial charge on any atom is 0.251 e. The Hall–Kier alpha value is -2.16. The maximum atomic E-state index is 12.1. The predicted octanol–water partition coefficient (Wildman–Crippen LogP) is 2.70. The van der Waals surface area contributed by atoms with Crippen LogP contribution in [0.2, 0.25) is 0 Å². The van der Waals surface area contributed by atoms with Crippen LogP contribution in [0.4, 0.5) is 0 Å². The van der Waals surface area contributed by atoms with Crippen LogP contribution < -0.4 is 5.32 Å². The number of hydrogen-bond donors (Lipinski definition) is 1. The molecule has 2 aromatic rings. The molecule has 0 aliphatic heterocycles. The van der Waals surface area contributed by atoms with Crippen LogP contribution in [0.3, 0.4) is 0 Å². The molecule has 0 saturated carbocycles. The molecule has 3 heteroatoms. The molecular formula is C16H16NO2. The molecule has 1 amide bonds. The summed E-state index contributed by atoms with van der Waals surface area (Å²) in [5.41, 5.74) is 0.555. The van der Waals surface area contributed by atoms with Gasteiger partial charge in [-0.25, -0.2) is 0 Å². The summed E-state index contributed by atoms with van der Waals surface area (Å²) < 4.78 is 0. The van der Waals surface area contributed by atoms with Crippen molar-refractivity contribution in [3.05, 3.63) is 48.0 Å². The van der Waals surface area contributed by atoms with Gasteiger partial charge in [0.05, 0.1) is 6.04 Å². The van der Waals surface area contributed by atoms with Gasteiger partial charge in [-0.15, -0.1) is 0 Å². The molecule has 0 aliphatic rings. The lowest BCUT2D eigenvalue weighted by molar-refractivity contribution is 0.0939. The lowest BCUT2D eigenvalue weighted by Crippen LogP contribution is -2.39. The Morgan fingerprint density at radius 2 is 1.79 bits per heavy atom. The summed E-state index contributed by atoms with van der Waals surface area (Å²) in [6, 6.07) is 12.8. The Morgan fingerprint density at radius 3 is 2.42 bits per heavy atom. The lowest BCUT2D eigenvalue weighted by atomic mass is 10.0. The highest BCUT2D eigenvalue weighted by Crippen LogP contribution is 2.15. The Kier molecular flexibility index (Phi) is 3.95. The van der Waals surface area contributed by atoms with E-state index < -0.39 is 6.04 Å². The highest BCUT2D eigenvalue weighted by Gasteiger charge is 2.17. The third-order valence-electron chi connectivity index (χ3n) is 3.09. The summed E-state index contributed by atoms with van der Waals surface area (Å²) in [4.78, 5) is 22.9. The Bertz CT molecular complexity index is 604. The van der Waals surface area contributed by atoms with Crippen LogP contribution in [0.15, 0.2) is 42.5 Å². The normalized spacial score (nSPS) is 12.4. The monoisotopic (exact) mass is 254 g/mol. The van der Waals surface area contributed by atoms with Crippen molar-refractivity contribution in [2.45, 2.75) is 19.9 Å². The van der Waals surface area contributed by atoms with Crippen LogP contribution in [-0.4, -0.2) is 18.2 Å². The largest absolute Gasteiger partial charge is 0.341 e. The van der Waals surface area contributed by atoms with E-state index in [0.29, 0.717) is 5.56 Å². The highest BCUT2D eigenvalue weighted by molar-refractivity contribution is 5.99. The summed E-state index contributed by atoms with van der Waals surface area (Å²) >= 11 is 0. The summed E-state index contributed by atoms with van der Waals surface area (Å²) in [6.45, 7) is 3.74. The molecule has 0 fully saturated rings. The van der Waals surface area contributed by atoms with Crippen LogP contribution in [0.25, 0.3) is 10.8 Å². The molecule has 19 heavy (non-hydrogen) atoms. The van der Waals surface area contributed by atoms with Crippen LogP contribution in [0.1, 0.15) is 24.2 Å². The zero-order valence-electron chi connectivity index (χ0n) is 11.0. The second-order valence-electron chi connectivity index (χ2n) is 4.87. The smallest absolute Gasteiger partial charge is 0.251 e. The zero-order valence-corrected chi connectivity index (χ0v) is 11.0. The topological polar surface area (TPSA) is 46.2 Å². The Labute approximate surface area is 112 Å². The summed E-state index contributed by atoms with van der Waals surface area (Å²) in [5, 5.41) is 4.78. The van der Waals surface area contributed by atoms with Crippen LogP contribution in [-0.2, 0) is 4.79 Å². The summed E-state index contributed by atoms with van der Waals surface area (Å²) in [5.74, 6) is -0.213. The van der Waals surface area contributed by atoms with Gasteiger partial charge in [-0.05, 0) is 28.8 Å². The summed E-state index contributed by atoms with van der Waals surface area (Å²) in [7, 11) is 0. The molecule has 2 rings (SSSR count). The molecule has 0 aliphatic carbocycles. The average molecular weight is 254 g/mol. The molecular weight excluding hydrogens is 238 g/mol. The van der Waals surface area contributed by atoms with E-state index in [1.54, 1.807) is 6.07 Å². The molecule has 0 bridgehead atoms. The molecule has 1 atom stereocenters. The minimum absolute atomic E-state index is 0.0295. The van der Waals surface area contributed by atoms with Crippen molar-refractivity contribution >= 4 is 23.0 Å². The molecule has 0 saturated heterocycles. The third kappa shape index (κ3) is 2.99. The van der Waals surface area contributed by atoms with Crippen molar-refractivity contribution in [3.8, 4) is 0 Å². The van der Waals surface area contributed by atoms with Gasteiger partial charge in [0.2, 0.25) is 6.29 Å². The minimum atomic E-state index is -0.570. The number of benzene rings is 2. The molecule has 0 heterocycles. The van der Waals surface area contributed by atoms with Gasteiger partial charge in [-0.2, -0.15) is 0 Å². The van der Waals surface area contributed by atoms with Crippen LogP contribution in [0.5, 0.6) is 0 Å². The number of amides is 1. The van der Waals surface area contributed by atoms with Crippen molar-refractivity contribution in [3.63, 3.8) is 0 Å². The molecule has 97 valence electrons. The van der Waals surface area contributed by atoms with Crippen LogP contribution in [0, 0.1) is 5.92 Å². The number of nitrogens with one attached hydrogen (secondary N) is 1. The highest BCUT2D eigenvalue weighted by atomic mass is 16.2. The Balaban J connectivity index is 2.24. The fraction of sp³-hybridized carbons (Fsp3) is 0.250. The van der Waals surface area contributed by atoms with E-state index in [2.05, 4.69) is 5.32 Å². The summed E-state index contributed by atoms with van der Waals surface area (Å²) in [6.07, 6.45) is 1.86. The average Bonchev–Trinajstić information content (AvgIpc) is 2.43. The quantitative estimate of drug-likeness (QED) is 0.911. The minimum Gasteiger partial charge on any atom is -0.341 e. The van der Waals surface area contributed by atoms with E-state index in [4.69, 9.17) is 0 Å². The first-order valence-electron chi connectivity index (χ1n) is 6.29. The third-order valence-corrected chi connectivity index (χ3v) is 3.09. The van der Waals surface area contributed by atoms with Crippen molar-refractivity contribution in [1.82, 2.24) is 5.32 Å². The first-order chi connectivity index (χ1) is 9.11. The maximum absolute atomic E-state index is 12.1. The SMILES string of the molecule is CC(C)[C@@H]([C]=O)NC(=O)c1ccc2ccccc2c1. The number of fused-ring (bicyclic) bond motifs is 1. The van der Waals surface area contributed by atoms with Gasteiger partial charge in [0.15, 0.2) is 0 Å². The second kappa shape index (κ2) is 5.65. The number of hydrogen-bond acceptors (Lipinski definition) is 2. The van der Waals surface area contributed by atoms with Gasteiger partial charge < -0.3 is 5.32 Å². The van der Waals surface area contributed by atoms with E-state index in [9.17, 15) is 9.59 Å². The van der Waals surface area contributed by atoms with Gasteiger partial charge in [-0.3, -0.25) is 9.59 Å². The molecule has 1 radical (unpaired) electrons.